The lowest BCUT2D eigenvalue weighted by molar-refractivity contribution is 0.165. The van der Waals surface area contributed by atoms with Gasteiger partial charge in [0.15, 0.2) is 5.82 Å². The zero-order valence-electron chi connectivity index (χ0n) is 16.9. The molecule has 0 saturated heterocycles. The average molecular weight is 388 g/mol. The van der Waals surface area contributed by atoms with Crippen molar-refractivity contribution in [2.75, 3.05) is 27.7 Å². The molecule has 0 atom stereocenters. The van der Waals surface area contributed by atoms with Gasteiger partial charge in [-0.15, -0.1) is 0 Å². The number of aromatic nitrogens is 2. The van der Waals surface area contributed by atoms with Crippen molar-refractivity contribution in [1.82, 2.24) is 19.8 Å². The predicted octanol–water partition coefficient (Wildman–Crippen LogP) is 3.86. The second kappa shape index (κ2) is 7.91. The highest BCUT2D eigenvalue weighted by Crippen LogP contribution is 2.31. The summed E-state index contributed by atoms with van der Waals surface area (Å²) in [5, 5.41) is 0. The molecular formula is C23H24N4O2. The van der Waals surface area contributed by atoms with Crippen molar-refractivity contribution < 1.29 is 9.53 Å². The number of carbonyl (C=O) groups is 1. The Bertz CT molecular complexity index is 1020. The summed E-state index contributed by atoms with van der Waals surface area (Å²) in [7, 11) is 5.20. The minimum Gasteiger partial charge on any atom is -0.497 e. The fourth-order valence-corrected chi connectivity index (χ4v) is 3.56. The van der Waals surface area contributed by atoms with Gasteiger partial charge in [-0.1, -0.05) is 30.3 Å². The number of ether oxygens (including phenoxy) is 1. The summed E-state index contributed by atoms with van der Waals surface area (Å²) < 4.78 is 5.29. The number of methoxy groups -OCH3 is 1. The number of hydrogen-bond donors (Lipinski definition) is 0. The van der Waals surface area contributed by atoms with Gasteiger partial charge in [0.2, 0.25) is 0 Å². The number of fused-ring (bicyclic) bond motifs is 1. The third-order valence-electron chi connectivity index (χ3n) is 5.11. The molecule has 0 unspecified atom stereocenters. The molecule has 0 bridgehead atoms. The van der Waals surface area contributed by atoms with Crippen LogP contribution in [-0.4, -0.2) is 53.5 Å². The van der Waals surface area contributed by atoms with Crippen LogP contribution < -0.4 is 4.74 Å². The molecule has 148 valence electrons. The second-order valence-electron chi connectivity index (χ2n) is 7.26. The normalized spacial score (nSPS) is 13.0. The molecule has 3 aromatic rings. The third-order valence-corrected chi connectivity index (χ3v) is 5.11. The van der Waals surface area contributed by atoms with E-state index in [1.807, 2.05) is 59.5 Å². The number of nitrogens with zero attached hydrogens (tertiary/aromatic N) is 4. The van der Waals surface area contributed by atoms with Crippen LogP contribution in [0.3, 0.4) is 0 Å². The molecule has 0 aliphatic carbocycles. The fraction of sp³-hybridized carbons (Fsp3) is 0.261. The van der Waals surface area contributed by atoms with Gasteiger partial charge in [-0.05, 0) is 24.3 Å². The maximum atomic E-state index is 12.5. The monoisotopic (exact) mass is 388 g/mol. The van der Waals surface area contributed by atoms with Gasteiger partial charge in [0.1, 0.15) is 5.75 Å². The maximum Gasteiger partial charge on any atom is 0.319 e. The molecular weight excluding hydrogens is 364 g/mol. The lowest BCUT2D eigenvalue weighted by Crippen LogP contribution is -2.42. The van der Waals surface area contributed by atoms with Crippen molar-refractivity contribution in [3.05, 3.63) is 65.9 Å². The molecule has 0 radical (unpaired) electrons. The quantitative estimate of drug-likeness (QED) is 0.684. The molecule has 0 fully saturated rings. The molecule has 2 heterocycles. The number of urea groups is 1. The largest absolute Gasteiger partial charge is 0.497 e. The Labute approximate surface area is 170 Å². The minimum atomic E-state index is 0.00321. The number of hydrogen-bond acceptors (Lipinski definition) is 4. The number of carbonyl (C=O) groups excluding carboxylic acids is 1. The standard InChI is InChI=1S/C23H24N4O2/c1-26(2)23(28)27-14-13-20-19(15-27)21(16-9-11-18(29-3)12-10-16)25-22(24-20)17-7-5-4-6-8-17/h4-12H,13-15H2,1-3H3. The molecule has 2 aromatic carbocycles. The summed E-state index contributed by atoms with van der Waals surface area (Å²) in [5.74, 6) is 1.51. The summed E-state index contributed by atoms with van der Waals surface area (Å²) in [4.78, 5) is 25.8. The highest BCUT2D eigenvalue weighted by Gasteiger charge is 2.27. The smallest absolute Gasteiger partial charge is 0.319 e. The topological polar surface area (TPSA) is 58.6 Å². The molecule has 6 nitrogen and oxygen atoms in total. The Hall–Kier alpha value is -3.41. The van der Waals surface area contributed by atoms with Gasteiger partial charge in [-0.3, -0.25) is 0 Å². The van der Waals surface area contributed by atoms with E-state index in [0.717, 1.165) is 33.8 Å². The van der Waals surface area contributed by atoms with Crippen molar-refractivity contribution in [1.29, 1.82) is 0 Å². The second-order valence-corrected chi connectivity index (χ2v) is 7.26. The lowest BCUT2D eigenvalue weighted by Gasteiger charge is -2.31. The highest BCUT2D eigenvalue weighted by molar-refractivity contribution is 5.75. The first-order chi connectivity index (χ1) is 14.1. The van der Waals surface area contributed by atoms with E-state index in [-0.39, 0.29) is 6.03 Å². The van der Waals surface area contributed by atoms with Crippen LogP contribution in [0, 0.1) is 0 Å². The van der Waals surface area contributed by atoms with Gasteiger partial charge in [0.05, 0.1) is 25.0 Å². The zero-order chi connectivity index (χ0) is 20.4. The Morgan fingerprint density at radius 1 is 1.00 bits per heavy atom. The van der Waals surface area contributed by atoms with Gasteiger partial charge in [-0.2, -0.15) is 0 Å². The summed E-state index contributed by atoms with van der Waals surface area (Å²) in [6, 6.07) is 17.9. The van der Waals surface area contributed by atoms with Gasteiger partial charge >= 0.3 is 6.03 Å². The molecule has 0 saturated carbocycles. The summed E-state index contributed by atoms with van der Waals surface area (Å²) in [6.07, 6.45) is 0.709. The molecule has 1 aliphatic heterocycles. The van der Waals surface area contributed by atoms with E-state index >= 15 is 0 Å². The van der Waals surface area contributed by atoms with E-state index in [1.165, 1.54) is 0 Å². The summed E-state index contributed by atoms with van der Waals surface area (Å²) in [6.45, 7) is 1.15. The third kappa shape index (κ3) is 3.78. The number of benzene rings is 2. The maximum absolute atomic E-state index is 12.5. The first kappa shape index (κ1) is 18.9. The van der Waals surface area contributed by atoms with Crippen LogP contribution in [0.15, 0.2) is 54.6 Å². The number of rotatable bonds is 3. The van der Waals surface area contributed by atoms with Crippen molar-refractivity contribution in [3.63, 3.8) is 0 Å². The van der Waals surface area contributed by atoms with E-state index < -0.39 is 0 Å². The van der Waals surface area contributed by atoms with Crippen LogP contribution in [-0.2, 0) is 13.0 Å². The molecule has 0 N–H and O–H groups in total. The molecule has 1 aromatic heterocycles. The Morgan fingerprint density at radius 3 is 2.38 bits per heavy atom. The molecule has 1 aliphatic rings. The zero-order valence-corrected chi connectivity index (χ0v) is 16.9. The van der Waals surface area contributed by atoms with Crippen molar-refractivity contribution in [3.8, 4) is 28.4 Å². The summed E-state index contributed by atoms with van der Waals surface area (Å²) >= 11 is 0. The van der Waals surface area contributed by atoms with Crippen LogP contribution in [0.4, 0.5) is 4.79 Å². The van der Waals surface area contributed by atoms with Crippen LogP contribution in [0.25, 0.3) is 22.6 Å². The highest BCUT2D eigenvalue weighted by atomic mass is 16.5. The van der Waals surface area contributed by atoms with E-state index in [9.17, 15) is 4.79 Å². The lowest BCUT2D eigenvalue weighted by atomic mass is 9.98. The first-order valence-corrected chi connectivity index (χ1v) is 9.62. The van der Waals surface area contributed by atoms with Crippen molar-refractivity contribution >= 4 is 6.03 Å². The first-order valence-electron chi connectivity index (χ1n) is 9.62. The average Bonchev–Trinajstić information content (AvgIpc) is 2.78. The van der Waals surface area contributed by atoms with Gasteiger partial charge in [0.25, 0.3) is 0 Å². The minimum absolute atomic E-state index is 0.00321. The van der Waals surface area contributed by atoms with E-state index in [2.05, 4.69) is 0 Å². The predicted molar refractivity (Wildman–Crippen MR) is 113 cm³/mol. The Morgan fingerprint density at radius 2 is 1.72 bits per heavy atom. The van der Waals surface area contributed by atoms with Crippen LogP contribution in [0.5, 0.6) is 5.75 Å². The van der Waals surface area contributed by atoms with E-state index in [0.29, 0.717) is 25.3 Å². The number of amides is 2. The fourth-order valence-electron chi connectivity index (χ4n) is 3.56. The Balaban J connectivity index is 1.83. The SMILES string of the molecule is COc1ccc(-c2nc(-c3ccccc3)nc3c2CN(C(=O)N(C)C)CC3)cc1. The van der Waals surface area contributed by atoms with Crippen molar-refractivity contribution in [2.24, 2.45) is 0 Å². The molecule has 4 rings (SSSR count). The van der Waals surface area contributed by atoms with Crippen LogP contribution in [0.2, 0.25) is 0 Å². The van der Waals surface area contributed by atoms with Gasteiger partial charge in [-0.25, -0.2) is 14.8 Å². The molecule has 0 spiro atoms. The van der Waals surface area contributed by atoms with E-state index in [4.69, 9.17) is 14.7 Å². The van der Waals surface area contributed by atoms with Crippen molar-refractivity contribution in [2.45, 2.75) is 13.0 Å². The summed E-state index contributed by atoms with van der Waals surface area (Å²) in [5.41, 5.74) is 4.86. The van der Waals surface area contributed by atoms with Crippen LogP contribution >= 0.6 is 0 Å². The molecule has 29 heavy (non-hydrogen) atoms. The van der Waals surface area contributed by atoms with Gasteiger partial charge < -0.3 is 14.5 Å². The van der Waals surface area contributed by atoms with E-state index in [1.54, 1.807) is 26.1 Å². The van der Waals surface area contributed by atoms with Crippen LogP contribution in [0.1, 0.15) is 11.3 Å². The molecule has 6 heteroatoms. The Kier molecular flexibility index (Phi) is 5.16. The van der Waals surface area contributed by atoms with Gasteiger partial charge in [0, 0.05) is 43.8 Å². The molecule has 2 amide bonds.